The van der Waals surface area contributed by atoms with Gasteiger partial charge in [-0.15, -0.1) is 0 Å². The molecule has 0 aromatic heterocycles. The molecule has 0 unspecified atom stereocenters. The Kier molecular flexibility index (Phi) is 9.37. The van der Waals surface area contributed by atoms with Crippen LogP contribution in [0.25, 0.3) is 0 Å². The predicted octanol–water partition coefficient (Wildman–Crippen LogP) is 2.25. The van der Waals surface area contributed by atoms with E-state index in [0.717, 1.165) is 11.1 Å². The number of hydrogen-bond acceptors (Lipinski definition) is 5. The first kappa shape index (κ1) is 21.4. The van der Waals surface area contributed by atoms with Gasteiger partial charge in [0, 0.05) is 12.2 Å². The van der Waals surface area contributed by atoms with Crippen molar-refractivity contribution in [2.45, 2.75) is 6.10 Å². The minimum atomic E-state index is -1.26. The van der Waals surface area contributed by atoms with Crippen LogP contribution >= 0.6 is 0 Å². The molecule has 0 fully saturated rings. The maximum Gasteiger partial charge on any atom is 0.328 e. The molecule has 2 aromatic rings. The lowest BCUT2D eigenvalue weighted by Crippen LogP contribution is -2.21. The maximum absolute atomic E-state index is 9.55. The summed E-state index contributed by atoms with van der Waals surface area (Å²) in [5, 5.41) is 27.1. The molecular weight excluding hydrogens is 352 g/mol. The molecule has 0 aliphatic rings. The standard InChI is InChI=1S/C15H16N2O2.C4H4O4/c16-14(17-18)11-19-15(12-7-3-1-4-8-12)13-9-5-2-6-10-13;5-3(6)1-2-4(7)8/h1-10,15,18H,11H2,(H2,16,17);1-2H,(H,5,6)(H,7,8). The number of benzene rings is 2. The Labute approximate surface area is 155 Å². The number of amidine groups is 1. The summed E-state index contributed by atoms with van der Waals surface area (Å²) in [7, 11) is 0. The van der Waals surface area contributed by atoms with Crippen LogP contribution in [0.15, 0.2) is 78.0 Å². The van der Waals surface area contributed by atoms with Gasteiger partial charge in [-0.05, 0) is 11.1 Å². The average Bonchev–Trinajstić information content (AvgIpc) is 2.68. The fourth-order valence-corrected chi connectivity index (χ4v) is 1.98. The number of ether oxygens (including phenoxy) is 1. The topological polar surface area (TPSA) is 142 Å². The molecule has 0 radical (unpaired) electrons. The molecule has 142 valence electrons. The number of nitrogens with zero attached hydrogens (tertiary/aromatic N) is 1. The third-order valence-corrected chi connectivity index (χ3v) is 3.10. The van der Waals surface area contributed by atoms with Crippen LogP contribution in [0.2, 0.25) is 0 Å². The Morgan fingerprint density at radius 1 is 0.926 bits per heavy atom. The lowest BCUT2D eigenvalue weighted by molar-refractivity contribution is -0.134. The molecule has 0 aliphatic carbocycles. The van der Waals surface area contributed by atoms with E-state index in [2.05, 4.69) is 5.16 Å². The Balaban J connectivity index is 0.000000387. The second-order valence-corrected chi connectivity index (χ2v) is 5.11. The minimum Gasteiger partial charge on any atom is -0.478 e. The van der Waals surface area contributed by atoms with Gasteiger partial charge < -0.3 is 25.9 Å². The number of hydrogen-bond donors (Lipinski definition) is 4. The zero-order valence-electron chi connectivity index (χ0n) is 14.3. The van der Waals surface area contributed by atoms with Crippen LogP contribution in [-0.4, -0.2) is 39.8 Å². The van der Waals surface area contributed by atoms with Crippen LogP contribution in [0.4, 0.5) is 0 Å². The number of nitrogens with two attached hydrogens (primary N) is 1. The van der Waals surface area contributed by atoms with E-state index in [0.29, 0.717) is 12.2 Å². The fraction of sp³-hybridized carbons (Fsp3) is 0.105. The van der Waals surface area contributed by atoms with Crippen LogP contribution < -0.4 is 5.73 Å². The molecule has 2 aromatic carbocycles. The smallest absolute Gasteiger partial charge is 0.328 e. The van der Waals surface area contributed by atoms with E-state index >= 15 is 0 Å². The largest absolute Gasteiger partial charge is 0.478 e. The Morgan fingerprint density at radius 2 is 1.33 bits per heavy atom. The van der Waals surface area contributed by atoms with Crippen molar-refractivity contribution in [2.24, 2.45) is 10.9 Å². The van der Waals surface area contributed by atoms with Crippen LogP contribution in [0.1, 0.15) is 17.2 Å². The molecule has 0 heterocycles. The van der Waals surface area contributed by atoms with Crippen LogP contribution in [0, 0.1) is 0 Å². The molecule has 0 atom stereocenters. The van der Waals surface area contributed by atoms with Gasteiger partial charge >= 0.3 is 11.9 Å². The van der Waals surface area contributed by atoms with Gasteiger partial charge in [-0.3, -0.25) is 0 Å². The first-order chi connectivity index (χ1) is 12.9. The summed E-state index contributed by atoms with van der Waals surface area (Å²) in [4.78, 5) is 19.1. The van der Waals surface area contributed by atoms with E-state index in [4.69, 9.17) is 25.9 Å². The molecular formula is C19H20N2O6. The summed E-state index contributed by atoms with van der Waals surface area (Å²) in [5.41, 5.74) is 7.51. The van der Waals surface area contributed by atoms with Crippen molar-refractivity contribution >= 4 is 17.8 Å². The first-order valence-corrected chi connectivity index (χ1v) is 7.76. The van der Waals surface area contributed by atoms with E-state index in [1.54, 1.807) is 0 Å². The second kappa shape index (κ2) is 11.8. The minimum absolute atomic E-state index is 0.0527. The van der Waals surface area contributed by atoms with E-state index in [-0.39, 0.29) is 18.5 Å². The predicted molar refractivity (Wildman–Crippen MR) is 98.5 cm³/mol. The number of carbonyl (C=O) groups is 2. The molecule has 2 rings (SSSR count). The SMILES string of the molecule is NC(COC(c1ccccc1)c1ccccc1)=NO.O=C(O)C=CC(=O)O. The highest BCUT2D eigenvalue weighted by Crippen LogP contribution is 2.25. The molecule has 8 heteroatoms. The van der Waals surface area contributed by atoms with E-state index in [1.807, 2.05) is 60.7 Å². The summed E-state index contributed by atoms with van der Waals surface area (Å²) >= 11 is 0. The van der Waals surface area contributed by atoms with Gasteiger partial charge in [-0.1, -0.05) is 65.8 Å². The van der Waals surface area contributed by atoms with Gasteiger partial charge in [-0.25, -0.2) is 9.59 Å². The molecule has 0 amide bonds. The van der Waals surface area contributed by atoms with Gasteiger partial charge in [0.05, 0.1) is 0 Å². The molecule has 0 saturated carbocycles. The summed E-state index contributed by atoms with van der Waals surface area (Å²) in [6.07, 6.45) is 0.882. The summed E-state index contributed by atoms with van der Waals surface area (Å²) in [5.74, 6) is -2.46. The molecule has 0 spiro atoms. The first-order valence-electron chi connectivity index (χ1n) is 7.76. The maximum atomic E-state index is 9.55. The third kappa shape index (κ3) is 8.84. The molecule has 27 heavy (non-hydrogen) atoms. The fourth-order valence-electron chi connectivity index (χ4n) is 1.98. The van der Waals surface area contributed by atoms with Crippen molar-refractivity contribution in [3.63, 3.8) is 0 Å². The van der Waals surface area contributed by atoms with E-state index in [9.17, 15) is 9.59 Å². The van der Waals surface area contributed by atoms with Crippen molar-refractivity contribution < 1.29 is 29.7 Å². The Morgan fingerprint density at radius 3 is 1.67 bits per heavy atom. The lowest BCUT2D eigenvalue weighted by Gasteiger charge is -2.18. The van der Waals surface area contributed by atoms with Crippen molar-refractivity contribution in [3.05, 3.63) is 83.9 Å². The molecule has 0 bridgehead atoms. The molecule has 0 aliphatic heterocycles. The molecule has 8 nitrogen and oxygen atoms in total. The second-order valence-electron chi connectivity index (χ2n) is 5.11. The monoisotopic (exact) mass is 372 g/mol. The van der Waals surface area contributed by atoms with Crippen molar-refractivity contribution in [1.82, 2.24) is 0 Å². The molecule has 0 saturated heterocycles. The highest BCUT2D eigenvalue weighted by molar-refractivity contribution is 5.89. The van der Waals surface area contributed by atoms with Gasteiger partial charge in [0.25, 0.3) is 0 Å². The number of carboxylic acid groups (broad SMARTS) is 2. The van der Waals surface area contributed by atoms with Crippen molar-refractivity contribution in [3.8, 4) is 0 Å². The quantitative estimate of drug-likeness (QED) is 0.192. The zero-order valence-corrected chi connectivity index (χ0v) is 14.3. The number of oxime groups is 1. The van der Waals surface area contributed by atoms with E-state index in [1.165, 1.54) is 0 Å². The van der Waals surface area contributed by atoms with Gasteiger partial charge in [-0.2, -0.15) is 0 Å². The normalized spacial score (nSPS) is 11.1. The van der Waals surface area contributed by atoms with Crippen LogP contribution in [-0.2, 0) is 14.3 Å². The van der Waals surface area contributed by atoms with Gasteiger partial charge in [0.1, 0.15) is 12.7 Å². The Bertz CT molecular complexity index is 720. The van der Waals surface area contributed by atoms with Gasteiger partial charge in [0.15, 0.2) is 5.84 Å². The van der Waals surface area contributed by atoms with Crippen LogP contribution in [0.3, 0.4) is 0 Å². The number of rotatable bonds is 7. The number of aliphatic carboxylic acids is 2. The zero-order chi connectivity index (χ0) is 20.1. The average molecular weight is 372 g/mol. The molecule has 5 N–H and O–H groups in total. The highest BCUT2D eigenvalue weighted by Gasteiger charge is 2.14. The highest BCUT2D eigenvalue weighted by atomic mass is 16.5. The third-order valence-electron chi connectivity index (χ3n) is 3.10. The summed E-state index contributed by atoms with van der Waals surface area (Å²) in [6, 6.07) is 19.7. The van der Waals surface area contributed by atoms with Crippen molar-refractivity contribution in [1.29, 1.82) is 0 Å². The lowest BCUT2D eigenvalue weighted by atomic mass is 10.0. The van der Waals surface area contributed by atoms with Crippen molar-refractivity contribution in [2.75, 3.05) is 6.61 Å². The van der Waals surface area contributed by atoms with Crippen LogP contribution in [0.5, 0.6) is 0 Å². The van der Waals surface area contributed by atoms with E-state index < -0.39 is 11.9 Å². The van der Waals surface area contributed by atoms with Gasteiger partial charge in [0.2, 0.25) is 0 Å². The Hall–Kier alpha value is -3.65. The summed E-state index contributed by atoms with van der Waals surface area (Å²) in [6.45, 7) is 0.0744. The number of carboxylic acids is 2. The summed E-state index contributed by atoms with van der Waals surface area (Å²) < 4.78 is 5.75.